The molecule has 0 aliphatic carbocycles. The highest BCUT2D eigenvalue weighted by Crippen LogP contribution is 2.13. The van der Waals surface area contributed by atoms with Crippen LogP contribution in [0.4, 0.5) is 0 Å². The third-order valence-electron chi connectivity index (χ3n) is 1.66. The zero-order valence-corrected chi connectivity index (χ0v) is 6.51. The van der Waals surface area contributed by atoms with Crippen molar-refractivity contribution in [2.24, 2.45) is 5.73 Å². The van der Waals surface area contributed by atoms with Crippen LogP contribution in [-0.2, 0) is 9.53 Å². The Kier molecular flexibility index (Phi) is 3.11. The van der Waals surface area contributed by atoms with E-state index in [0.29, 0.717) is 13.0 Å². The summed E-state index contributed by atoms with van der Waals surface area (Å²) in [6, 6.07) is 0. The fourth-order valence-electron chi connectivity index (χ4n) is 1.06. The molecule has 3 heteroatoms. The van der Waals surface area contributed by atoms with Crippen LogP contribution in [0.15, 0.2) is 11.8 Å². The van der Waals surface area contributed by atoms with Crippen LogP contribution in [0.3, 0.4) is 0 Å². The number of ketones is 1. The van der Waals surface area contributed by atoms with Crippen molar-refractivity contribution in [3.8, 4) is 0 Å². The van der Waals surface area contributed by atoms with E-state index in [4.69, 9.17) is 10.5 Å². The standard InChI is InChI=1S/C8H13NO2/c9-4-3-8(10)7-2-1-5-11-6-7/h6H,1-5,9H2. The number of carbonyl (C=O) groups excluding carboxylic acids is 1. The largest absolute Gasteiger partial charge is 0.501 e. The number of carbonyl (C=O) groups is 1. The molecule has 0 bridgehead atoms. The van der Waals surface area contributed by atoms with E-state index in [-0.39, 0.29) is 5.78 Å². The predicted octanol–water partition coefficient (Wildman–Crippen LogP) is 0.599. The first kappa shape index (κ1) is 8.27. The first-order valence-corrected chi connectivity index (χ1v) is 3.88. The van der Waals surface area contributed by atoms with Gasteiger partial charge in [-0.1, -0.05) is 0 Å². The number of Topliss-reactive ketones (excluding diaryl/α,β-unsaturated/α-hetero) is 1. The number of rotatable bonds is 3. The van der Waals surface area contributed by atoms with Gasteiger partial charge in [0.15, 0.2) is 5.78 Å². The number of nitrogens with two attached hydrogens (primary N) is 1. The van der Waals surface area contributed by atoms with Crippen LogP contribution < -0.4 is 5.73 Å². The lowest BCUT2D eigenvalue weighted by Crippen LogP contribution is -2.13. The summed E-state index contributed by atoms with van der Waals surface area (Å²) in [5.41, 5.74) is 6.04. The van der Waals surface area contributed by atoms with Gasteiger partial charge in [0, 0.05) is 12.0 Å². The molecule has 0 radical (unpaired) electrons. The van der Waals surface area contributed by atoms with E-state index in [1.165, 1.54) is 0 Å². The molecule has 0 atom stereocenters. The summed E-state index contributed by atoms with van der Waals surface area (Å²) >= 11 is 0. The Morgan fingerprint density at radius 1 is 1.73 bits per heavy atom. The van der Waals surface area contributed by atoms with Gasteiger partial charge in [0.1, 0.15) is 0 Å². The first-order chi connectivity index (χ1) is 5.34. The Hall–Kier alpha value is -0.830. The van der Waals surface area contributed by atoms with Gasteiger partial charge >= 0.3 is 0 Å². The van der Waals surface area contributed by atoms with Crippen LogP contribution in [0.25, 0.3) is 0 Å². The van der Waals surface area contributed by atoms with E-state index in [0.717, 1.165) is 25.0 Å². The van der Waals surface area contributed by atoms with Crippen molar-refractivity contribution < 1.29 is 9.53 Å². The second-order valence-corrected chi connectivity index (χ2v) is 2.58. The third kappa shape index (κ3) is 2.35. The molecule has 0 saturated carbocycles. The van der Waals surface area contributed by atoms with Crippen LogP contribution in [0.2, 0.25) is 0 Å². The predicted molar refractivity (Wildman–Crippen MR) is 41.9 cm³/mol. The quantitative estimate of drug-likeness (QED) is 0.649. The number of ether oxygens (including phenoxy) is 1. The molecule has 62 valence electrons. The highest BCUT2D eigenvalue weighted by molar-refractivity contribution is 5.95. The Bertz CT molecular complexity index is 175. The monoisotopic (exact) mass is 155 g/mol. The maximum atomic E-state index is 11.2. The molecule has 0 aromatic carbocycles. The molecule has 1 heterocycles. The van der Waals surface area contributed by atoms with Gasteiger partial charge in [0.2, 0.25) is 0 Å². The third-order valence-corrected chi connectivity index (χ3v) is 1.66. The van der Waals surface area contributed by atoms with E-state index >= 15 is 0 Å². The van der Waals surface area contributed by atoms with Gasteiger partial charge in [-0.25, -0.2) is 0 Å². The van der Waals surface area contributed by atoms with E-state index < -0.39 is 0 Å². The lowest BCUT2D eigenvalue weighted by atomic mass is 10.0. The second kappa shape index (κ2) is 4.13. The van der Waals surface area contributed by atoms with Crippen LogP contribution in [0.1, 0.15) is 19.3 Å². The highest BCUT2D eigenvalue weighted by Gasteiger charge is 2.11. The summed E-state index contributed by atoms with van der Waals surface area (Å²) in [5, 5.41) is 0. The molecule has 2 N–H and O–H groups in total. The average molecular weight is 155 g/mol. The topological polar surface area (TPSA) is 52.3 Å². The van der Waals surface area contributed by atoms with Crippen LogP contribution in [-0.4, -0.2) is 18.9 Å². The molecule has 3 nitrogen and oxygen atoms in total. The smallest absolute Gasteiger partial charge is 0.163 e. The summed E-state index contributed by atoms with van der Waals surface area (Å²) in [7, 11) is 0. The van der Waals surface area contributed by atoms with Crippen molar-refractivity contribution in [2.75, 3.05) is 13.2 Å². The van der Waals surface area contributed by atoms with E-state index in [2.05, 4.69) is 0 Å². The van der Waals surface area contributed by atoms with Crippen molar-refractivity contribution >= 4 is 5.78 Å². The Morgan fingerprint density at radius 3 is 3.09 bits per heavy atom. The van der Waals surface area contributed by atoms with E-state index in [1.54, 1.807) is 6.26 Å². The lowest BCUT2D eigenvalue weighted by Gasteiger charge is -2.11. The van der Waals surface area contributed by atoms with Crippen molar-refractivity contribution in [3.63, 3.8) is 0 Å². The summed E-state index contributed by atoms with van der Waals surface area (Å²) in [6.45, 7) is 1.16. The minimum Gasteiger partial charge on any atom is -0.501 e. The summed E-state index contributed by atoms with van der Waals surface area (Å²) in [4.78, 5) is 11.2. The van der Waals surface area contributed by atoms with Gasteiger partial charge in [-0.05, 0) is 19.4 Å². The molecule has 1 aliphatic heterocycles. The fraction of sp³-hybridized carbons (Fsp3) is 0.625. The van der Waals surface area contributed by atoms with Crippen LogP contribution in [0, 0.1) is 0 Å². The van der Waals surface area contributed by atoms with Gasteiger partial charge in [0.05, 0.1) is 12.9 Å². The van der Waals surface area contributed by atoms with Gasteiger partial charge in [0.25, 0.3) is 0 Å². The molecular weight excluding hydrogens is 142 g/mol. The molecular formula is C8H13NO2. The minimum absolute atomic E-state index is 0.132. The molecule has 0 aromatic heterocycles. The zero-order chi connectivity index (χ0) is 8.10. The SMILES string of the molecule is NCCC(=O)C1=COCCC1. The average Bonchev–Trinajstić information content (AvgIpc) is 2.07. The maximum absolute atomic E-state index is 11.2. The van der Waals surface area contributed by atoms with Gasteiger partial charge < -0.3 is 10.5 Å². The Labute approximate surface area is 66.2 Å². The van der Waals surface area contributed by atoms with Gasteiger partial charge in [-0.2, -0.15) is 0 Å². The molecule has 0 fully saturated rings. The molecule has 11 heavy (non-hydrogen) atoms. The highest BCUT2D eigenvalue weighted by atomic mass is 16.5. The van der Waals surface area contributed by atoms with Crippen molar-refractivity contribution in [2.45, 2.75) is 19.3 Å². The molecule has 1 rings (SSSR count). The Balaban J connectivity index is 2.44. The van der Waals surface area contributed by atoms with Crippen molar-refractivity contribution in [1.82, 2.24) is 0 Å². The first-order valence-electron chi connectivity index (χ1n) is 3.88. The summed E-state index contributed by atoms with van der Waals surface area (Å²) in [6.07, 6.45) is 3.80. The zero-order valence-electron chi connectivity index (χ0n) is 6.51. The Morgan fingerprint density at radius 2 is 2.55 bits per heavy atom. The number of hydrogen-bond donors (Lipinski definition) is 1. The van der Waals surface area contributed by atoms with Crippen LogP contribution >= 0.6 is 0 Å². The minimum atomic E-state index is 0.132. The van der Waals surface area contributed by atoms with Crippen molar-refractivity contribution in [3.05, 3.63) is 11.8 Å². The van der Waals surface area contributed by atoms with E-state index in [9.17, 15) is 4.79 Å². The van der Waals surface area contributed by atoms with Gasteiger partial charge in [-0.3, -0.25) is 4.79 Å². The second-order valence-electron chi connectivity index (χ2n) is 2.58. The normalized spacial score (nSPS) is 17.0. The van der Waals surface area contributed by atoms with Crippen molar-refractivity contribution in [1.29, 1.82) is 0 Å². The van der Waals surface area contributed by atoms with Crippen LogP contribution in [0.5, 0.6) is 0 Å². The molecule has 0 amide bonds. The molecule has 0 saturated heterocycles. The van der Waals surface area contributed by atoms with Gasteiger partial charge in [-0.15, -0.1) is 0 Å². The molecule has 0 spiro atoms. The summed E-state index contributed by atoms with van der Waals surface area (Å²) < 4.78 is 5.03. The summed E-state index contributed by atoms with van der Waals surface area (Å²) in [5.74, 6) is 0.132. The van der Waals surface area contributed by atoms with E-state index in [1.807, 2.05) is 0 Å². The number of allylic oxidation sites excluding steroid dienone is 1. The molecule has 1 aliphatic rings. The maximum Gasteiger partial charge on any atom is 0.163 e. The molecule has 0 unspecified atom stereocenters. The molecule has 0 aromatic rings. The number of hydrogen-bond acceptors (Lipinski definition) is 3. The lowest BCUT2D eigenvalue weighted by molar-refractivity contribution is -0.115. The fourth-order valence-corrected chi connectivity index (χ4v) is 1.06.